The smallest absolute Gasteiger partial charge is 0.413 e. The molecule has 1 unspecified atom stereocenters. The summed E-state index contributed by atoms with van der Waals surface area (Å²) >= 11 is 0. The topological polar surface area (TPSA) is 72.5 Å². The number of carbonyl (C=O) groups is 1. The highest BCUT2D eigenvalue weighted by molar-refractivity contribution is 5.59. The van der Waals surface area contributed by atoms with Gasteiger partial charge in [0.25, 0.3) is 0 Å². The molecule has 1 heterocycles. The van der Waals surface area contributed by atoms with Crippen LogP contribution < -0.4 is 5.84 Å². The van der Waals surface area contributed by atoms with Crippen molar-refractivity contribution in [2.24, 2.45) is 11.8 Å². The summed E-state index contributed by atoms with van der Waals surface area (Å²) in [6.07, 6.45) is 1.24. The van der Waals surface area contributed by atoms with Gasteiger partial charge in [-0.3, -0.25) is 0 Å². The van der Waals surface area contributed by atoms with Crippen LogP contribution in [-0.2, 0) is 4.74 Å². The molecule has 1 atom stereocenters. The molecule has 0 spiro atoms. The maximum atomic E-state index is 12.3. The van der Waals surface area contributed by atoms with Crippen LogP contribution in [0.3, 0.4) is 0 Å². The second-order valence-corrected chi connectivity index (χ2v) is 7.50. The van der Waals surface area contributed by atoms with Crippen molar-refractivity contribution in [1.82, 2.24) is 0 Å². The summed E-state index contributed by atoms with van der Waals surface area (Å²) in [4.78, 5) is 12.3. The van der Waals surface area contributed by atoms with Gasteiger partial charge in [0.15, 0.2) is 0 Å². The minimum Gasteiger partial charge on any atom is -0.413 e. The summed E-state index contributed by atoms with van der Waals surface area (Å²) in [6, 6.07) is 10.1. The molecule has 0 bridgehead atoms. The lowest BCUT2D eigenvalue weighted by Gasteiger charge is -2.39. The van der Waals surface area contributed by atoms with E-state index in [9.17, 15) is 9.90 Å². The van der Waals surface area contributed by atoms with Crippen molar-refractivity contribution in [2.45, 2.75) is 45.1 Å². The van der Waals surface area contributed by atoms with Gasteiger partial charge >= 0.3 is 6.09 Å². The predicted octanol–water partition coefficient (Wildman–Crippen LogP) is 2.80. The van der Waals surface area contributed by atoms with E-state index in [1.165, 1.54) is 0 Å². The third-order valence-corrected chi connectivity index (χ3v) is 4.55. The van der Waals surface area contributed by atoms with Gasteiger partial charge in [0, 0.05) is 18.8 Å². The molecule has 1 aromatic rings. The summed E-state index contributed by atoms with van der Waals surface area (Å²) in [5.41, 5.74) is 0.616. The highest BCUT2D eigenvalue weighted by Crippen LogP contribution is 2.34. The average Bonchev–Trinajstić information content (AvgIpc) is 2.49. The molecule has 0 aromatic heterocycles. The van der Waals surface area contributed by atoms with Gasteiger partial charge in [-0.25, -0.2) is 0 Å². The molecule has 1 aliphatic heterocycles. The molecule has 23 heavy (non-hydrogen) atoms. The van der Waals surface area contributed by atoms with E-state index >= 15 is 0 Å². The Hall–Kier alpha value is -1.43. The van der Waals surface area contributed by atoms with Crippen molar-refractivity contribution in [3.8, 4) is 0 Å². The summed E-state index contributed by atoms with van der Waals surface area (Å²) in [7, 11) is 0. The quantitative estimate of drug-likeness (QED) is 0.510. The zero-order valence-electron chi connectivity index (χ0n) is 14.4. The molecule has 128 valence electrons. The van der Waals surface area contributed by atoms with Crippen LogP contribution in [0.25, 0.3) is 0 Å². The Morgan fingerprint density at radius 1 is 1.30 bits per heavy atom. The molecular formula is C18H29N2O3+. The number of benzene rings is 1. The second kappa shape index (κ2) is 6.99. The summed E-state index contributed by atoms with van der Waals surface area (Å²) in [6.45, 7) is 6.75. The molecule has 1 amide bonds. The molecule has 1 aliphatic rings. The number of ether oxygens (including phenoxy) is 1. The lowest BCUT2D eigenvalue weighted by atomic mass is 9.80. The Kier molecular flexibility index (Phi) is 5.45. The van der Waals surface area contributed by atoms with Crippen LogP contribution in [0, 0.1) is 5.92 Å². The molecule has 5 nitrogen and oxygen atoms in total. The normalized spacial score (nSPS) is 26.6. The number of aliphatic hydroxyl groups is 1. The number of aliphatic hydroxyl groups excluding tert-OH is 1. The molecule has 0 radical (unpaired) electrons. The van der Waals surface area contributed by atoms with Gasteiger partial charge in [0.05, 0.1) is 6.61 Å². The first-order valence-corrected chi connectivity index (χ1v) is 8.30. The number of likely N-dealkylation sites (tertiary alicyclic amines) is 1. The largest absolute Gasteiger partial charge is 0.536 e. The van der Waals surface area contributed by atoms with Gasteiger partial charge in [-0.2, -0.15) is 10.6 Å². The summed E-state index contributed by atoms with van der Waals surface area (Å²) in [5, 5.41) is 9.80. The molecule has 1 saturated heterocycles. The van der Waals surface area contributed by atoms with E-state index in [0.717, 1.165) is 18.4 Å². The average molecular weight is 321 g/mol. The fraction of sp³-hybridized carbons (Fsp3) is 0.611. The maximum Gasteiger partial charge on any atom is 0.536 e. The van der Waals surface area contributed by atoms with E-state index in [4.69, 9.17) is 10.6 Å². The van der Waals surface area contributed by atoms with Gasteiger partial charge in [0.1, 0.15) is 18.7 Å². The highest BCUT2D eigenvalue weighted by Gasteiger charge is 2.43. The van der Waals surface area contributed by atoms with Crippen LogP contribution in [-0.4, -0.2) is 41.1 Å². The third-order valence-electron chi connectivity index (χ3n) is 4.55. The molecule has 3 N–H and O–H groups in total. The van der Waals surface area contributed by atoms with Crippen LogP contribution in [0.1, 0.15) is 45.1 Å². The number of nitrogens with two attached hydrogens (primary N) is 1. The summed E-state index contributed by atoms with van der Waals surface area (Å²) in [5.74, 6) is 6.69. The zero-order valence-corrected chi connectivity index (χ0v) is 14.4. The molecule has 2 rings (SSSR count). The monoisotopic (exact) mass is 321 g/mol. The lowest BCUT2D eigenvalue weighted by molar-refractivity contribution is -0.876. The number of nitrogens with zero attached hydrogens (tertiary/aromatic N) is 1. The van der Waals surface area contributed by atoms with Gasteiger partial charge in [-0.05, 0) is 32.3 Å². The maximum absolute atomic E-state index is 12.3. The Bertz CT molecular complexity index is 517. The van der Waals surface area contributed by atoms with Crippen LogP contribution in [0.4, 0.5) is 4.79 Å². The Balaban J connectivity index is 2.01. The number of quaternary nitrogens is 1. The standard InChI is InChI=1S/C18H29N2O3/c1-18(2,3)23-17(22)20(19)11-9-15(10-12-20)16(13-21)14-7-5-4-6-8-14/h4-8,15-16,21H,9-13,19H2,1-3H3/q+1. The van der Waals surface area contributed by atoms with Crippen molar-refractivity contribution in [3.05, 3.63) is 35.9 Å². The Morgan fingerprint density at radius 3 is 2.35 bits per heavy atom. The van der Waals surface area contributed by atoms with E-state index in [-0.39, 0.29) is 23.2 Å². The molecule has 1 fully saturated rings. The first-order chi connectivity index (χ1) is 10.7. The van der Waals surface area contributed by atoms with Gasteiger partial charge < -0.3 is 9.84 Å². The van der Waals surface area contributed by atoms with Crippen LogP contribution in [0.5, 0.6) is 0 Å². The van der Waals surface area contributed by atoms with E-state index in [1.807, 2.05) is 51.1 Å². The SMILES string of the molecule is CC(C)(C)OC(=O)[N+]1(N)CCC(C(CO)c2ccccc2)CC1. The fourth-order valence-corrected chi connectivity index (χ4v) is 3.21. The molecule has 0 aliphatic carbocycles. The first kappa shape index (κ1) is 17.9. The van der Waals surface area contributed by atoms with Crippen molar-refractivity contribution < 1.29 is 19.2 Å². The van der Waals surface area contributed by atoms with Crippen LogP contribution in [0.15, 0.2) is 30.3 Å². The number of carbonyl (C=O) groups excluding carboxylic acids is 1. The van der Waals surface area contributed by atoms with Crippen molar-refractivity contribution in [1.29, 1.82) is 0 Å². The first-order valence-electron chi connectivity index (χ1n) is 8.30. The highest BCUT2D eigenvalue weighted by atomic mass is 16.6. The number of hydrogen-bond donors (Lipinski definition) is 2. The fourth-order valence-electron chi connectivity index (χ4n) is 3.21. The summed E-state index contributed by atoms with van der Waals surface area (Å²) < 4.78 is 5.28. The lowest BCUT2D eigenvalue weighted by Crippen LogP contribution is -2.63. The predicted molar refractivity (Wildman–Crippen MR) is 89.4 cm³/mol. The van der Waals surface area contributed by atoms with Crippen LogP contribution >= 0.6 is 0 Å². The third kappa shape index (κ3) is 4.53. The minimum atomic E-state index is -0.532. The van der Waals surface area contributed by atoms with E-state index in [1.54, 1.807) is 0 Å². The molecule has 5 heteroatoms. The number of rotatable bonds is 3. The Labute approximate surface area is 138 Å². The molecular weight excluding hydrogens is 292 g/mol. The van der Waals surface area contributed by atoms with Crippen molar-refractivity contribution in [3.63, 3.8) is 0 Å². The van der Waals surface area contributed by atoms with Gasteiger partial charge in [0.2, 0.25) is 0 Å². The van der Waals surface area contributed by atoms with Crippen LogP contribution in [0.2, 0.25) is 0 Å². The van der Waals surface area contributed by atoms with Crippen molar-refractivity contribution >= 4 is 6.09 Å². The number of amides is 1. The Morgan fingerprint density at radius 2 is 1.87 bits per heavy atom. The zero-order chi connectivity index (χ0) is 17.1. The second-order valence-electron chi connectivity index (χ2n) is 7.50. The van der Waals surface area contributed by atoms with Crippen molar-refractivity contribution in [2.75, 3.05) is 19.7 Å². The number of hydrogen-bond acceptors (Lipinski definition) is 4. The van der Waals surface area contributed by atoms with E-state index < -0.39 is 5.60 Å². The van der Waals surface area contributed by atoms with Gasteiger partial charge in [-0.1, -0.05) is 30.3 Å². The molecule has 1 aromatic carbocycles. The molecule has 0 saturated carbocycles. The minimum absolute atomic E-state index is 0.101. The van der Waals surface area contributed by atoms with Gasteiger partial charge in [-0.15, -0.1) is 4.59 Å². The number of piperidine rings is 1. The van der Waals surface area contributed by atoms with E-state index in [2.05, 4.69) is 0 Å². The van der Waals surface area contributed by atoms with E-state index in [0.29, 0.717) is 19.0 Å².